The lowest BCUT2D eigenvalue weighted by Crippen LogP contribution is -2.47. The van der Waals surface area contributed by atoms with Crippen LogP contribution in [0.4, 0.5) is 5.69 Å². The summed E-state index contributed by atoms with van der Waals surface area (Å²) in [5.74, 6) is 0.108. The summed E-state index contributed by atoms with van der Waals surface area (Å²) in [4.78, 5) is 40.8. The average molecular weight is 390 g/mol. The van der Waals surface area contributed by atoms with Crippen molar-refractivity contribution in [1.29, 1.82) is 0 Å². The van der Waals surface area contributed by atoms with Gasteiger partial charge in [-0.25, -0.2) is 4.90 Å². The van der Waals surface area contributed by atoms with Crippen molar-refractivity contribution in [3.8, 4) is 11.5 Å². The van der Waals surface area contributed by atoms with Crippen LogP contribution < -0.4 is 14.4 Å². The predicted molar refractivity (Wildman–Crippen MR) is 101 cm³/mol. The van der Waals surface area contributed by atoms with E-state index in [4.69, 9.17) is 14.2 Å². The van der Waals surface area contributed by atoms with E-state index in [1.807, 2.05) is 4.90 Å². The highest BCUT2D eigenvalue weighted by atomic mass is 16.5. The van der Waals surface area contributed by atoms with Crippen LogP contribution in [-0.4, -0.2) is 62.6 Å². The molecule has 2 fully saturated rings. The molecule has 2 aliphatic rings. The van der Waals surface area contributed by atoms with Gasteiger partial charge in [0.15, 0.2) is 0 Å². The Kier molecular flexibility index (Phi) is 6.18. The molecule has 2 saturated heterocycles. The number of rotatable bonds is 6. The van der Waals surface area contributed by atoms with Crippen LogP contribution >= 0.6 is 0 Å². The number of likely N-dealkylation sites (tertiary alicyclic amines) is 1. The van der Waals surface area contributed by atoms with Gasteiger partial charge in [0.1, 0.15) is 11.5 Å². The van der Waals surface area contributed by atoms with Gasteiger partial charge in [-0.2, -0.15) is 0 Å². The number of carbonyl (C=O) groups is 3. The Labute approximate surface area is 164 Å². The fraction of sp³-hybridized carbons (Fsp3) is 0.550. The van der Waals surface area contributed by atoms with Gasteiger partial charge in [-0.1, -0.05) is 0 Å². The van der Waals surface area contributed by atoms with E-state index < -0.39 is 6.04 Å². The van der Waals surface area contributed by atoms with Crippen molar-refractivity contribution in [3.63, 3.8) is 0 Å². The van der Waals surface area contributed by atoms with Gasteiger partial charge in [-0.3, -0.25) is 19.3 Å². The predicted octanol–water partition coefficient (Wildman–Crippen LogP) is 1.61. The Bertz CT molecular complexity index is 757. The second-order valence-corrected chi connectivity index (χ2v) is 6.89. The number of hydrogen-bond donors (Lipinski definition) is 0. The highest BCUT2D eigenvalue weighted by Crippen LogP contribution is 2.36. The van der Waals surface area contributed by atoms with Crippen LogP contribution in [0.5, 0.6) is 11.5 Å². The number of imide groups is 1. The third-order valence-corrected chi connectivity index (χ3v) is 5.34. The van der Waals surface area contributed by atoms with E-state index in [-0.39, 0.29) is 30.1 Å². The smallest absolute Gasteiger partial charge is 0.309 e. The zero-order valence-electron chi connectivity index (χ0n) is 16.5. The maximum Gasteiger partial charge on any atom is 0.309 e. The first kappa shape index (κ1) is 20.1. The Morgan fingerprint density at radius 2 is 1.86 bits per heavy atom. The standard InChI is InChI=1S/C20H26N2O6/c1-4-28-20(25)13-7-9-21(10-8-13)16-12-18(23)22(19(16)24)15-11-14(26-2)5-6-17(15)27-3/h5-6,11,13,16H,4,7-10,12H2,1-3H3/t16-/m1/s1. The molecule has 0 N–H and O–H groups in total. The largest absolute Gasteiger partial charge is 0.497 e. The molecule has 0 saturated carbocycles. The first-order chi connectivity index (χ1) is 13.5. The molecule has 0 unspecified atom stereocenters. The van der Waals surface area contributed by atoms with Crippen molar-refractivity contribution in [2.75, 3.05) is 38.8 Å². The van der Waals surface area contributed by atoms with Crippen LogP contribution in [0.15, 0.2) is 18.2 Å². The zero-order chi connectivity index (χ0) is 20.3. The maximum absolute atomic E-state index is 13.1. The van der Waals surface area contributed by atoms with Crippen LogP contribution in [0, 0.1) is 5.92 Å². The number of nitrogens with zero attached hydrogens (tertiary/aromatic N) is 2. The Morgan fingerprint density at radius 3 is 2.46 bits per heavy atom. The van der Waals surface area contributed by atoms with E-state index in [1.165, 1.54) is 19.1 Å². The van der Waals surface area contributed by atoms with Gasteiger partial charge in [0, 0.05) is 6.07 Å². The number of piperidine rings is 1. The quantitative estimate of drug-likeness (QED) is 0.539. The van der Waals surface area contributed by atoms with E-state index in [1.54, 1.807) is 25.1 Å². The second kappa shape index (κ2) is 8.60. The maximum atomic E-state index is 13.1. The van der Waals surface area contributed by atoms with Crippen molar-refractivity contribution in [3.05, 3.63) is 18.2 Å². The molecule has 0 bridgehead atoms. The summed E-state index contributed by atoms with van der Waals surface area (Å²) in [5.41, 5.74) is 0.390. The summed E-state index contributed by atoms with van der Waals surface area (Å²) in [6.45, 7) is 3.32. The number of ether oxygens (including phenoxy) is 3. The van der Waals surface area contributed by atoms with Crippen molar-refractivity contribution in [2.24, 2.45) is 5.92 Å². The molecule has 2 aliphatic heterocycles. The number of methoxy groups -OCH3 is 2. The van der Waals surface area contributed by atoms with Crippen LogP contribution in [0.2, 0.25) is 0 Å². The lowest BCUT2D eigenvalue weighted by Gasteiger charge is -2.33. The molecule has 0 aromatic heterocycles. The van der Waals surface area contributed by atoms with Crippen molar-refractivity contribution >= 4 is 23.5 Å². The highest BCUT2D eigenvalue weighted by molar-refractivity contribution is 6.23. The van der Waals surface area contributed by atoms with E-state index in [9.17, 15) is 14.4 Å². The number of esters is 1. The van der Waals surface area contributed by atoms with Gasteiger partial charge in [0.25, 0.3) is 5.91 Å². The molecular formula is C20H26N2O6. The number of benzene rings is 1. The molecule has 0 radical (unpaired) electrons. The Morgan fingerprint density at radius 1 is 1.14 bits per heavy atom. The van der Waals surface area contributed by atoms with Gasteiger partial charge in [0.05, 0.1) is 44.9 Å². The van der Waals surface area contributed by atoms with E-state index in [2.05, 4.69) is 0 Å². The molecule has 8 heteroatoms. The Balaban J connectivity index is 1.74. The fourth-order valence-corrected chi connectivity index (χ4v) is 3.83. The van der Waals surface area contributed by atoms with Gasteiger partial charge < -0.3 is 14.2 Å². The van der Waals surface area contributed by atoms with Gasteiger partial charge in [-0.15, -0.1) is 0 Å². The van der Waals surface area contributed by atoms with E-state index in [0.29, 0.717) is 49.7 Å². The molecule has 1 aromatic rings. The lowest BCUT2D eigenvalue weighted by molar-refractivity contribution is -0.149. The van der Waals surface area contributed by atoms with Gasteiger partial charge in [0.2, 0.25) is 5.91 Å². The van der Waals surface area contributed by atoms with E-state index in [0.717, 1.165) is 0 Å². The summed E-state index contributed by atoms with van der Waals surface area (Å²) in [5, 5.41) is 0. The summed E-state index contributed by atoms with van der Waals surface area (Å²) in [6.07, 6.45) is 1.36. The first-order valence-electron chi connectivity index (χ1n) is 9.49. The molecule has 1 atom stereocenters. The topological polar surface area (TPSA) is 85.4 Å². The molecule has 0 aliphatic carbocycles. The third-order valence-electron chi connectivity index (χ3n) is 5.34. The molecule has 3 rings (SSSR count). The first-order valence-corrected chi connectivity index (χ1v) is 9.49. The minimum absolute atomic E-state index is 0.114. The summed E-state index contributed by atoms with van der Waals surface area (Å²) in [6, 6.07) is 4.49. The minimum Gasteiger partial charge on any atom is -0.497 e. The molecular weight excluding hydrogens is 364 g/mol. The highest BCUT2D eigenvalue weighted by Gasteiger charge is 2.45. The molecule has 8 nitrogen and oxygen atoms in total. The monoisotopic (exact) mass is 390 g/mol. The SMILES string of the molecule is CCOC(=O)C1CCN([C@@H]2CC(=O)N(c3cc(OC)ccc3OC)C2=O)CC1. The van der Waals surface area contributed by atoms with E-state index >= 15 is 0 Å². The third kappa shape index (κ3) is 3.82. The lowest BCUT2D eigenvalue weighted by atomic mass is 9.95. The van der Waals surface area contributed by atoms with Gasteiger partial charge >= 0.3 is 5.97 Å². The van der Waals surface area contributed by atoms with Crippen molar-refractivity contribution in [2.45, 2.75) is 32.2 Å². The Hall–Kier alpha value is -2.61. The number of amides is 2. The number of anilines is 1. The minimum atomic E-state index is -0.522. The van der Waals surface area contributed by atoms with Gasteiger partial charge in [-0.05, 0) is 45.0 Å². The van der Waals surface area contributed by atoms with Crippen molar-refractivity contribution in [1.82, 2.24) is 4.90 Å². The van der Waals surface area contributed by atoms with Crippen molar-refractivity contribution < 1.29 is 28.6 Å². The normalized spacial score (nSPS) is 21.1. The zero-order valence-corrected chi connectivity index (χ0v) is 16.5. The second-order valence-electron chi connectivity index (χ2n) is 6.89. The molecule has 152 valence electrons. The van der Waals surface area contributed by atoms with Crippen LogP contribution in [-0.2, 0) is 19.1 Å². The summed E-state index contributed by atoms with van der Waals surface area (Å²) < 4.78 is 15.6. The average Bonchev–Trinajstić information content (AvgIpc) is 3.01. The number of hydrogen-bond acceptors (Lipinski definition) is 7. The van der Waals surface area contributed by atoms with Crippen LogP contribution in [0.3, 0.4) is 0 Å². The molecule has 28 heavy (non-hydrogen) atoms. The summed E-state index contributed by atoms with van der Waals surface area (Å²) in [7, 11) is 3.02. The number of carbonyl (C=O) groups excluding carboxylic acids is 3. The molecule has 0 spiro atoms. The molecule has 1 aromatic carbocycles. The molecule has 2 amide bonds. The fourth-order valence-electron chi connectivity index (χ4n) is 3.83. The van der Waals surface area contributed by atoms with Crippen LogP contribution in [0.1, 0.15) is 26.2 Å². The van der Waals surface area contributed by atoms with Crippen LogP contribution in [0.25, 0.3) is 0 Å². The summed E-state index contributed by atoms with van der Waals surface area (Å²) >= 11 is 0. The molecule has 2 heterocycles.